The quantitative estimate of drug-likeness (QED) is 0.217. The second kappa shape index (κ2) is 14.5. The second-order valence-corrected chi connectivity index (χ2v) is 7.04. The van der Waals surface area contributed by atoms with Gasteiger partial charge in [-0.2, -0.15) is 0 Å². The number of carbonyl (C=O) groups is 1. The highest BCUT2D eigenvalue weighted by Crippen LogP contribution is 2.15. The minimum atomic E-state index is -0.0294. The number of unbranched alkanes of at least 4 members (excludes halogenated alkanes) is 3. The van der Waals surface area contributed by atoms with Gasteiger partial charge in [0.25, 0.3) is 0 Å². The van der Waals surface area contributed by atoms with Crippen molar-refractivity contribution in [1.82, 2.24) is 0 Å². The van der Waals surface area contributed by atoms with Crippen LogP contribution >= 0.6 is 0 Å². The van der Waals surface area contributed by atoms with Crippen molar-refractivity contribution in [3.05, 3.63) is 23.3 Å². The van der Waals surface area contributed by atoms with Crippen LogP contribution in [0.3, 0.4) is 0 Å². The van der Waals surface area contributed by atoms with Crippen LogP contribution in [0.25, 0.3) is 0 Å². The Morgan fingerprint density at radius 3 is 2.43 bits per heavy atom. The highest BCUT2D eigenvalue weighted by Gasteiger charge is 2.09. The van der Waals surface area contributed by atoms with E-state index in [1.54, 1.807) is 0 Å². The Bertz CT molecular complexity index is 362. The lowest BCUT2D eigenvalue weighted by molar-refractivity contribution is -0.144. The molecule has 0 unspecified atom stereocenters. The summed E-state index contributed by atoms with van der Waals surface area (Å²) in [5.74, 6) is 0.373. The topological polar surface area (TPSA) is 26.3 Å². The van der Waals surface area contributed by atoms with Crippen molar-refractivity contribution in [2.45, 2.75) is 92.4 Å². The Hall–Kier alpha value is -1.05. The van der Waals surface area contributed by atoms with Crippen LogP contribution in [0.5, 0.6) is 0 Å². The van der Waals surface area contributed by atoms with Gasteiger partial charge in [-0.1, -0.05) is 56.4 Å². The standard InChI is InChI=1S/C21H38O2/c1-6-7-8-9-16-23-21(22)17-20(5)15-11-14-19(4)13-10-12-18(2)3/h12,14,20H,6-11,13,15-17H2,1-5H3/b19-14+/t20-/m0/s1. The van der Waals surface area contributed by atoms with Crippen LogP contribution in [-0.4, -0.2) is 12.6 Å². The first-order valence-corrected chi connectivity index (χ1v) is 9.40. The van der Waals surface area contributed by atoms with Crippen LogP contribution in [0.15, 0.2) is 23.3 Å². The predicted molar refractivity (Wildman–Crippen MR) is 101 cm³/mol. The molecule has 2 nitrogen and oxygen atoms in total. The number of allylic oxidation sites excluding steroid dienone is 4. The number of carbonyl (C=O) groups excluding carboxylic acids is 1. The first-order valence-electron chi connectivity index (χ1n) is 9.40. The molecule has 0 N–H and O–H groups in total. The maximum atomic E-state index is 11.7. The van der Waals surface area contributed by atoms with Crippen LogP contribution in [0.1, 0.15) is 92.4 Å². The monoisotopic (exact) mass is 322 g/mol. The summed E-state index contributed by atoms with van der Waals surface area (Å²) in [6.07, 6.45) is 14.2. The summed E-state index contributed by atoms with van der Waals surface area (Å²) >= 11 is 0. The summed E-state index contributed by atoms with van der Waals surface area (Å²) in [7, 11) is 0. The van der Waals surface area contributed by atoms with Gasteiger partial charge in [-0.15, -0.1) is 0 Å². The average molecular weight is 323 g/mol. The van der Waals surface area contributed by atoms with E-state index in [2.05, 4.69) is 46.8 Å². The molecule has 0 aliphatic rings. The fourth-order valence-corrected chi connectivity index (χ4v) is 2.47. The van der Waals surface area contributed by atoms with Gasteiger partial charge in [-0.3, -0.25) is 4.79 Å². The molecular formula is C21H38O2. The third-order valence-electron chi connectivity index (χ3n) is 4.02. The van der Waals surface area contributed by atoms with Gasteiger partial charge in [0.2, 0.25) is 0 Å². The van der Waals surface area contributed by atoms with E-state index in [-0.39, 0.29) is 5.97 Å². The molecule has 0 bridgehead atoms. The van der Waals surface area contributed by atoms with Gasteiger partial charge in [-0.05, 0) is 58.8 Å². The largest absolute Gasteiger partial charge is 0.466 e. The van der Waals surface area contributed by atoms with Crippen molar-refractivity contribution >= 4 is 5.97 Å². The third-order valence-corrected chi connectivity index (χ3v) is 4.02. The Morgan fingerprint density at radius 1 is 1.04 bits per heavy atom. The maximum absolute atomic E-state index is 11.7. The van der Waals surface area contributed by atoms with E-state index < -0.39 is 0 Å². The second-order valence-electron chi connectivity index (χ2n) is 7.04. The van der Waals surface area contributed by atoms with E-state index in [1.807, 2.05) is 0 Å². The number of hydrogen-bond donors (Lipinski definition) is 0. The lowest BCUT2D eigenvalue weighted by Gasteiger charge is -2.10. The molecule has 2 heteroatoms. The Labute approximate surface area is 144 Å². The van der Waals surface area contributed by atoms with Crippen LogP contribution < -0.4 is 0 Å². The molecule has 0 radical (unpaired) electrons. The van der Waals surface area contributed by atoms with E-state index in [0.717, 1.165) is 38.5 Å². The van der Waals surface area contributed by atoms with E-state index >= 15 is 0 Å². The zero-order chi connectivity index (χ0) is 17.5. The number of hydrogen-bond acceptors (Lipinski definition) is 2. The maximum Gasteiger partial charge on any atom is 0.306 e. The smallest absolute Gasteiger partial charge is 0.306 e. The van der Waals surface area contributed by atoms with Gasteiger partial charge in [0.1, 0.15) is 0 Å². The molecule has 0 spiro atoms. The molecule has 0 aromatic rings. The van der Waals surface area contributed by atoms with E-state index in [0.29, 0.717) is 18.9 Å². The lowest BCUT2D eigenvalue weighted by atomic mass is 10.00. The van der Waals surface area contributed by atoms with Crippen molar-refractivity contribution in [3.8, 4) is 0 Å². The van der Waals surface area contributed by atoms with Crippen molar-refractivity contribution in [1.29, 1.82) is 0 Å². The van der Waals surface area contributed by atoms with Gasteiger partial charge >= 0.3 is 5.97 Å². The highest BCUT2D eigenvalue weighted by atomic mass is 16.5. The van der Waals surface area contributed by atoms with Gasteiger partial charge in [0.05, 0.1) is 6.61 Å². The fourth-order valence-electron chi connectivity index (χ4n) is 2.47. The summed E-state index contributed by atoms with van der Waals surface area (Å²) in [6.45, 7) is 11.4. The molecule has 134 valence electrons. The molecule has 0 amide bonds. The van der Waals surface area contributed by atoms with Gasteiger partial charge < -0.3 is 4.74 Å². The van der Waals surface area contributed by atoms with Crippen molar-refractivity contribution in [2.75, 3.05) is 6.61 Å². The molecule has 0 heterocycles. The molecule has 0 aromatic carbocycles. The normalized spacial score (nSPS) is 12.8. The van der Waals surface area contributed by atoms with Crippen molar-refractivity contribution in [2.24, 2.45) is 5.92 Å². The minimum absolute atomic E-state index is 0.0294. The van der Waals surface area contributed by atoms with Crippen LogP contribution in [0.4, 0.5) is 0 Å². The van der Waals surface area contributed by atoms with Crippen LogP contribution in [0, 0.1) is 5.92 Å². The van der Waals surface area contributed by atoms with E-state index in [4.69, 9.17) is 4.74 Å². The minimum Gasteiger partial charge on any atom is -0.466 e. The van der Waals surface area contributed by atoms with Gasteiger partial charge in [-0.25, -0.2) is 0 Å². The van der Waals surface area contributed by atoms with Crippen molar-refractivity contribution in [3.63, 3.8) is 0 Å². The van der Waals surface area contributed by atoms with Crippen LogP contribution in [0.2, 0.25) is 0 Å². The first-order chi connectivity index (χ1) is 11.0. The number of rotatable bonds is 13. The summed E-state index contributed by atoms with van der Waals surface area (Å²) in [6, 6.07) is 0. The first kappa shape index (κ1) is 21.9. The molecular weight excluding hydrogens is 284 g/mol. The SMILES string of the molecule is CCCCCCOC(=O)C[C@@H](C)CC/C=C(\C)CCC=C(C)C. The lowest BCUT2D eigenvalue weighted by Crippen LogP contribution is -2.10. The molecule has 0 aliphatic carbocycles. The molecule has 0 aliphatic heterocycles. The summed E-state index contributed by atoms with van der Waals surface area (Å²) in [5.41, 5.74) is 2.84. The molecule has 0 aromatic heterocycles. The molecule has 23 heavy (non-hydrogen) atoms. The summed E-state index contributed by atoms with van der Waals surface area (Å²) in [4.78, 5) is 11.7. The fraction of sp³-hybridized carbons (Fsp3) is 0.762. The van der Waals surface area contributed by atoms with Gasteiger partial charge in [0.15, 0.2) is 0 Å². The third kappa shape index (κ3) is 15.6. The zero-order valence-electron chi connectivity index (χ0n) is 16.1. The summed E-state index contributed by atoms with van der Waals surface area (Å²) < 4.78 is 5.30. The highest BCUT2D eigenvalue weighted by molar-refractivity contribution is 5.69. The predicted octanol–water partition coefficient (Wildman–Crippen LogP) is 6.61. The molecule has 0 rings (SSSR count). The Morgan fingerprint density at radius 2 is 1.78 bits per heavy atom. The Balaban J connectivity index is 3.74. The number of ether oxygens (including phenoxy) is 1. The van der Waals surface area contributed by atoms with E-state index in [1.165, 1.54) is 24.0 Å². The molecule has 0 saturated heterocycles. The average Bonchev–Trinajstić information content (AvgIpc) is 2.46. The van der Waals surface area contributed by atoms with Crippen molar-refractivity contribution < 1.29 is 9.53 Å². The number of esters is 1. The van der Waals surface area contributed by atoms with E-state index in [9.17, 15) is 4.79 Å². The summed E-state index contributed by atoms with van der Waals surface area (Å²) in [5, 5.41) is 0. The molecule has 0 saturated carbocycles. The van der Waals surface area contributed by atoms with Gasteiger partial charge in [0, 0.05) is 6.42 Å². The molecule has 1 atom stereocenters. The Kier molecular flexibility index (Phi) is 13.9. The van der Waals surface area contributed by atoms with Crippen LogP contribution in [-0.2, 0) is 9.53 Å². The molecule has 0 fully saturated rings. The zero-order valence-corrected chi connectivity index (χ0v) is 16.1.